The van der Waals surface area contributed by atoms with Gasteiger partial charge in [0.05, 0.1) is 31.9 Å². The maximum Gasteiger partial charge on any atom is 0.191 e. The van der Waals surface area contributed by atoms with Crippen LogP contribution in [0.5, 0.6) is 5.75 Å². The highest BCUT2D eigenvalue weighted by molar-refractivity contribution is 5.80. The molecule has 0 bridgehead atoms. The Kier molecular flexibility index (Phi) is 7.50. The van der Waals surface area contributed by atoms with Crippen molar-refractivity contribution >= 4 is 5.96 Å². The first-order chi connectivity index (χ1) is 13.5. The first-order valence-corrected chi connectivity index (χ1v) is 10.3. The van der Waals surface area contributed by atoms with Crippen molar-refractivity contribution in [2.45, 2.75) is 38.8 Å². The van der Waals surface area contributed by atoms with E-state index in [9.17, 15) is 4.39 Å². The van der Waals surface area contributed by atoms with E-state index in [1.54, 1.807) is 12.1 Å². The van der Waals surface area contributed by atoms with Crippen LogP contribution in [0.4, 0.5) is 4.39 Å². The average Bonchev–Trinajstić information content (AvgIpc) is 3.50. The standard InChI is InChI=1S/C21H33FN4O2/c1-4-23-21(24-12-18-13-26(3)9-10-27-18)25-15(2)17-7-8-20(19(22)11-17)28-14-16-5-6-16/h7-8,11,15-16,18H,4-6,9-10,12-14H2,1-3H3,(H2,23,24,25). The van der Waals surface area contributed by atoms with Crippen molar-refractivity contribution in [1.29, 1.82) is 0 Å². The fourth-order valence-corrected chi connectivity index (χ4v) is 3.17. The van der Waals surface area contributed by atoms with E-state index >= 15 is 0 Å². The lowest BCUT2D eigenvalue weighted by molar-refractivity contribution is -0.0136. The van der Waals surface area contributed by atoms with Gasteiger partial charge in [0.2, 0.25) is 0 Å². The van der Waals surface area contributed by atoms with Crippen LogP contribution in [0.3, 0.4) is 0 Å². The Hall–Kier alpha value is -1.86. The lowest BCUT2D eigenvalue weighted by Crippen LogP contribution is -2.43. The Labute approximate surface area is 167 Å². The number of aliphatic imine (C=N–C) groups is 1. The Morgan fingerprint density at radius 2 is 2.25 bits per heavy atom. The highest BCUT2D eigenvalue weighted by atomic mass is 19.1. The minimum absolute atomic E-state index is 0.0836. The second-order valence-electron chi connectivity index (χ2n) is 7.78. The van der Waals surface area contributed by atoms with Gasteiger partial charge in [-0.25, -0.2) is 4.39 Å². The number of halogens is 1. The molecule has 0 amide bonds. The molecule has 156 valence electrons. The number of guanidine groups is 1. The summed E-state index contributed by atoms with van der Waals surface area (Å²) in [7, 11) is 2.09. The van der Waals surface area contributed by atoms with Gasteiger partial charge in [0, 0.05) is 19.6 Å². The van der Waals surface area contributed by atoms with E-state index in [0.717, 1.165) is 31.8 Å². The van der Waals surface area contributed by atoms with E-state index in [4.69, 9.17) is 9.47 Å². The van der Waals surface area contributed by atoms with Gasteiger partial charge in [-0.05, 0) is 57.4 Å². The van der Waals surface area contributed by atoms with Crippen LogP contribution in [0.25, 0.3) is 0 Å². The first-order valence-electron chi connectivity index (χ1n) is 10.3. The van der Waals surface area contributed by atoms with Gasteiger partial charge in [0.15, 0.2) is 17.5 Å². The second-order valence-corrected chi connectivity index (χ2v) is 7.78. The summed E-state index contributed by atoms with van der Waals surface area (Å²) in [5.74, 6) is 1.34. The van der Waals surface area contributed by atoms with Crippen LogP contribution in [-0.2, 0) is 4.74 Å². The van der Waals surface area contributed by atoms with Gasteiger partial charge in [0.1, 0.15) is 0 Å². The van der Waals surface area contributed by atoms with Crippen LogP contribution < -0.4 is 15.4 Å². The summed E-state index contributed by atoms with van der Waals surface area (Å²) in [5, 5.41) is 6.61. The van der Waals surface area contributed by atoms with Crippen LogP contribution in [0.2, 0.25) is 0 Å². The number of hydrogen-bond donors (Lipinski definition) is 2. The van der Waals surface area contributed by atoms with Gasteiger partial charge in [-0.1, -0.05) is 6.07 Å². The third kappa shape index (κ3) is 6.34. The molecule has 3 rings (SSSR count). The largest absolute Gasteiger partial charge is 0.490 e. The van der Waals surface area contributed by atoms with Crippen LogP contribution in [0.15, 0.2) is 23.2 Å². The molecule has 1 saturated heterocycles. The summed E-state index contributed by atoms with van der Waals surface area (Å²) < 4.78 is 25.7. The zero-order chi connectivity index (χ0) is 19.9. The zero-order valence-electron chi connectivity index (χ0n) is 17.2. The van der Waals surface area contributed by atoms with Gasteiger partial charge in [-0.15, -0.1) is 0 Å². The highest BCUT2D eigenvalue weighted by Gasteiger charge is 2.23. The SMILES string of the molecule is CCNC(=NCC1CN(C)CCO1)NC(C)c1ccc(OCC2CC2)c(F)c1. The molecule has 0 spiro atoms. The molecule has 2 unspecified atom stereocenters. The molecule has 2 fully saturated rings. The van der Waals surface area contributed by atoms with Crippen molar-refractivity contribution in [3.8, 4) is 5.75 Å². The molecule has 1 heterocycles. The van der Waals surface area contributed by atoms with E-state index < -0.39 is 0 Å². The molecule has 1 aromatic rings. The van der Waals surface area contributed by atoms with Crippen LogP contribution in [0, 0.1) is 11.7 Å². The molecule has 1 aliphatic carbocycles. The third-order valence-corrected chi connectivity index (χ3v) is 5.12. The summed E-state index contributed by atoms with van der Waals surface area (Å²) in [6.07, 6.45) is 2.48. The predicted octanol–water partition coefficient (Wildman–Crippen LogP) is 2.56. The Morgan fingerprint density at radius 3 is 2.93 bits per heavy atom. The smallest absolute Gasteiger partial charge is 0.191 e. The second kappa shape index (κ2) is 10.1. The highest BCUT2D eigenvalue weighted by Crippen LogP contribution is 2.30. The molecule has 0 radical (unpaired) electrons. The minimum atomic E-state index is -0.313. The van der Waals surface area contributed by atoms with Gasteiger partial charge in [0.25, 0.3) is 0 Å². The van der Waals surface area contributed by atoms with Gasteiger partial charge in [-0.2, -0.15) is 0 Å². The minimum Gasteiger partial charge on any atom is -0.490 e. The summed E-state index contributed by atoms with van der Waals surface area (Å²) >= 11 is 0. The molecule has 28 heavy (non-hydrogen) atoms. The van der Waals surface area contributed by atoms with Crippen molar-refractivity contribution in [3.05, 3.63) is 29.6 Å². The number of rotatable bonds is 8. The van der Waals surface area contributed by atoms with Crippen molar-refractivity contribution in [2.24, 2.45) is 10.9 Å². The zero-order valence-corrected chi connectivity index (χ0v) is 17.2. The van der Waals surface area contributed by atoms with Crippen LogP contribution >= 0.6 is 0 Å². The quantitative estimate of drug-likeness (QED) is 0.526. The predicted molar refractivity (Wildman–Crippen MR) is 109 cm³/mol. The van der Waals surface area contributed by atoms with Crippen molar-refractivity contribution in [1.82, 2.24) is 15.5 Å². The van der Waals surface area contributed by atoms with E-state index in [2.05, 4.69) is 27.6 Å². The molecule has 6 nitrogen and oxygen atoms in total. The number of likely N-dealkylation sites (N-methyl/N-ethyl adjacent to an activating group) is 1. The normalized spacial score (nSPS) is 22.0. The van der Waals surface area contributed by atoms with Gasteiger partial charge in [-0.3, -0.25) is 4.99 Å². The van der Waals surface area contributed by atoms with Crippen LogP contribution in [0.1, 0.15) is 38.3 Å². The number of hydrogen-bond acceptors (Lipinski definition) is 4. The first kappa shape index (κ1) is 20.9. The molecule has 2 N–H and O–H groups in total. The van der Waals surface area contributed by atoms with Gasteiger partial charge >= 0.3 is 0 Å². The molecule has 2 atom stereocenters. The molecule has 7 heteroatoms. The van der Waals surface area contributed by atoms with E-state index in [1.807, 2.05) is 19.9 Å². The average molecular weight is 393 g/mol. The number of nitrogens with one attached hydrogen (secondary N) is 2. The fourth-order valence-electron chi connectivity index (χ4n) is 3.17. The number of ether oxygens (including phenoxy) is 2. The van der Waals surface area contributed by atoms with E-state index in [-0.39, 0.29) is 18.0 Å². The Balaban J connectivity index is 1.57. The molecule has 1 saturated carbocycles. The maximum atomic E-state index is 14.4. The van der Waals surface area contributed by atoms with Crippen molar-refractivity contribution in [3.63, 3.8) is 0 Å². The number of nitrogens with zero attached hydrogens (tertiary/aromatic N) is 2. The number of benzene rings is 1. The Morgan fingerprint density at radius 1 is 1.43 bits per heavy atom. The third-order valence-electron chi connectivity index (χ3n) is 5.12. The summed E-state index contributed by atoms with van der Waals surface area (Å²) in [6, 6.07) is 5.09. The molecule has 0 aromatic heterocycles. The fraction of sp³-hybridized carbons (Fsp3) is 0.667. The van der Waals surface area contributed by atoms with Gasteiger partial charge < -0.3 is 25.0 Å². The summed E-state index contributed by atoms with van der Waals surface area (Å²) in [6.45, 7) is 8.56. The molecular formula is C21H33FN4O2. The topological polar surface area (TPSA) is 58.1 Å². The van der Waals surface area contributed by atoms with E-state index in [0.29, 0.717) is 30.8 Å². The van der Waals surface area contributed by atoms with Crippen LogP contribution in [-0.4, -0.2) is 63.4 Å². The molecule has 1 aromatic carbocycles. The Bertz CT molecular complexity index is 666. The number of morpholine rings is 1. The lowest BCUT2D eigenvalue weighted by atomic mass is 10.1. The van der Waals surface area contributed by atoms with E-state index in [1.165, 1.54) is 12.8 Å². The lowest BCUT2D eigenvalue weighted by Gasteiger charge is -2.29. The maximum absolute atomic E-state index is 14.4. The molecule has 1 aliphatic heterocycles. The monoisotopic (exact) mass is 392 g/mol. The summed E-state index contributed by atoms with van der Waals surface area (Å²) in [5.41, 5.74) is 0.857. The van der Waals surface area contributed by atoms with Crippen molar-refractivity contribution in [2.75, 3.05) is 46.4 Å². The molecule has 2 aliphatic rings. The summed E-state index contributed by atoms with van der Waals surface area (Å²) in [4.78, 5) is 6.91. The van der Waals surface area contributed by atoms with Crippen molar-refractivity contribution < 1.29 is 13.9 Å². The molecular weight excluding hydrogens is 359 g/mol.